The quantitative estimate of drug-likeness (QED) is 0.609. The van der Waals surface area contributed by atoms with E-state index in [1.54, 1.807) is 13.8 Å². The van der Waals surface area contributed by atoms with Crippen molar-refractivity contribution < 1.29 is 24.6 Å². The predicted molar refractivity (Wildman–Crippen MR) is 76.1 cm³/mol. The maximum Gasteiger partial charge on any atom is 0.335 e. The predicted octanol–water partition coefficient (Wildman–Crippen LogP) is 1.19. The molecule has 1 aromatic carbocycles. The molecule has 7 heteroatoms. The van der Waals surface area contributed by atoms with Gasteiger partial charge in [-0.15, -0.1) is 0 Å². The standard InChI is InChI=1S/C14H18N2O5/c1-7(2)12(15-8(3)17)13(19)16-10-6-9(14(20)21)4-5-11(10)18/h4-7,12,18H,1-3H3,(H,15,17)(H,16,19)(H,20,21). The van der Waals surface area contributed by atoms with Gasteiger partial charge >= 0.3 is 5.97 Å². The van der Waals surface area contributed by atoms with Crippen LogP contribution < -0.4 is 10.6 Å². The average Bonchev–Trinajstić information content (AvgIpc) is 2.37. The smallest absolute Gasteiger partial charge is 0.335 e. The first kappa shape index (κ1) is 16.5. The minimum absolute atomic E-state index is 0.0177. The van der Waals surface area contributed by atoms with Crippen LogP contribution in [0.4, 0.5) is 5.69 Å². The number of benzene rings is 1. The van der Waals surface area contributed by atoms with Crippen LogP contribution >= 0.6 is 0 Å². The molecule has 0 aromatic heterocycles. The summed E-state index contributed by atoms with van der Waals surface area (Å²) in [6.07, 6.45) is 0. The fourth-order valence-corrected chi connectivity index (χ4v) is 1.73. The highest BCUT2D eigenvalue weighted by molar-refractivity contribution is 5.99. The number of aromatic carboxylic acids is 1. The van der Waals surface area contributed by atoms with Crippen molar-refractivity contribution in [2.24, 2.45) is 5.92 Å². The van der Waals surface area contributed by atoms with Gasteiger partial charge in [0.2, 0.25) is 11.8 Å². The van der Waals surface area contributed by atoms with E-state index in [9.17, 15) is 19.5 Å². The van der Waals surface area contributed by atoms with Crippen LogP contribution in [0.25, 0.3) is 0 Å². The van der Waals surface area contributed by atoms with Crippen molar-refractivity contribution in [2.45, 2.75) is 26.8 Å². The SMILES string of the molecule is CC(=O)NC(C(=O)Nc1cc(C(=O)O)ccc1O)C(C)C. The molecular formula is C14H18N2O5. The number of carbonyl (C=O) groups is 3. The van der Waals surface area contributed by atoms with E-state index in [1.807, 2.05) is 0 Å². The summed E-state index contributed by atoms with van der Waals surface area (Å²) in [5, 5.41) is 23.5. The Hall–Kier alpha value is -2.57. The lowest BCUT2D eigenvalue weighted by atomic mass is 10.0. The Balaban J connectivity index is 2.97. The largest absolute Gasteiger partial charge is 0.506 e. The number of carboxylic acids is 1. The zero-order chi connectivity index (χ0) is 16.2. The van der Waals surface area contributed by atoms with Gasteiger partial charge in [-0.25, -0.2) is 4.79 Å². The first-order chi connectivity index (χ1) is 9.72. The molecule has 4 N–H and O–H groups in total. The molecule has 0 spiro atoms. The summed E-state index contributed by atoms with van der Waals surface area (Å²) in [4.78, 5) is 34.1. The van der Waals surface area contributed by atoms with Gasteiger partial charge < -0.3 is 20.8 Å². The number of nitrogens with one attached hydrogen (secondary N) is 2. The van der Waals surface area contributed by atoms with Gasteiger partial charge in [0.05, 0.1) is 11.3 Å². The zero-order valence-corrected chi connectivity index (χ0v) is 12.0. The van der Waals surface area contributed by atoms with Gasteiger partial charge in [0.25, 0.3) is 0 Å². The normalized spacial score (nSPS) is 11.8. The highest BCUT2D eigenvalue weighted by Crippen LogP contribution is 2.24. The Morgan fingerprint density at radius 3 is 2.29 bits per heavy atom. The van der Waals surface area contributed by atoms with Crippen LogP contribution in [0.3, 0.4) is 0 Å². The van der Waals surface area contributed by atoms with Gasteiger partial charge in [0.15, 0.2) is 0 Å². The Labute approximate surface area is 122 Å². The molecule has 21 heavy (non-hydrogen) atoms. The van der Waals surface area contributed by atoms with Crippen LogP contribution in [0, 0.1) is 5.92 Å². The van der Waals surface area contributed by atoms with E-state index in [2.05, 4.69) is 10.6 Å². The number of hydrogen-bond acceptors (Lipinski definition) is 4. The first-order valence-corrected chi connectivity index (χ1v) is 6.36. The van der Waals surface area contributed by atoms with Gasteiger partial charge in [0.1, 0.15) is 11.8 Å². The number of rotatable bonds is 5. The minimum atomic E-state index is -1.17. The van der Waals surface area contributed by atoms with E-state index in [4.69, 9.17) is 5.11 Å². The summed E-state index contributed by atoms with van der Waals surface area (Å²) in [6.45, 7) is 4.81. The lowest BCUT2D eigenvalue weighted by molar-refractivity contribution is -0.126. The van der Waals surface area contributed by atoms with Crippen molar-refractivity contribution in [3.05, 3.63) is 23.8 Å². The molecule has 0 bridgehead atoms. The fourth-order valence-electron chi connectivity index (χ4n) is 1.73. The second-order valence-corrected chi connectivity index (χ2v) is 4.95. The molecule has 1 atom stereocenters. The van der Waals surface area contributed by atoms with Crippen LogP contribution in [0.15, 0.2) is 18.2 Å². The van der Waals surface area contributed by atoms with E-state index in [1.165, 1.54) is 19.1 Å². The third-order valence-corrected chi connectivity index (χ3v) is 2.81. The molecule has 114 valence electrons. The molecule has 0 aliphatic heterocycles. The van der Waals surface area contributed by atoms with Crippen molar-refractivity contribution in [3.63, 3.8) is 0 Å². The maximum atomic E-state index is 12.1. The van der Waals surface area contributed by atoms with Crippen LogP contribution in [0.5, 0.6) is 5.75 Å². The van der Waals surface area contributed by atoms with Gasteiger partial charge in [-0.05, 0) is 24.1 Å². The third-order valence-electron chi connectivity index (χ3n) is 2.81. The second kappa shape index (κ2) is 6.74. The molecule has 1 rings (SSSR count). The molecule has 1 aromatic rings. The summed E-state index contributed by atoms with van der Waals surface area (Å²) in [5.41, 5.74) is -0.0837. The summed E-state index contributed by atoms with van der Waals surface area (Å²) in [5.74, 6) is -2.48. The van der Waals surface area contributed by atoms with Crippen molar-refractivity contribution in [1.29, 1.82) is 0 Å². The molecule has 0 aliphatic carbocycles. The number of phenols is 1. The van der Waals surface area contributed by atoms with Crippen LogP contribution in [-0.4, -0.2) is 34.0 Å². The lowest BCUT2D eigenvalue weighted by Crippen LogP contribution is -2.46. The molecule has 0 saturated heterocycles. The molecule has 1 unspecified atom stereocenters. The number of phenolic OH excluding ortho intramolecular Hbond substituents is 1. The first-order valence-electron chi connectivity index (χ1n) is 6.36. The van der Waals surface area contributed by atoms with Gasteiger partial charge in [-0.3, -0.25) is 9.59 Å². The Kier molecular flexibility index (Phi) is 5.29. The third kappa shape index (κ3) is 4.48. The number of carbonyl (C=O) groups excluding carboxylic acids is 2. The number of carboxylic acid groups (broad SMARTS) is 1. The molecule has 2 amide bonds. The highest BCUT2D eigenvalue weighted by atomic mass is 16.4. The van der Waals surface area contributed by atoms with Crippen molar-refractivity contribution >= 4 is 23.5 Å². The van der Waals surface area contributed by atoms with Crippen LogP contribution in [0.2, 0.25) is 0 Å². The molecule has 0 saturated carbocycles. The van der Waals surface area contributed by atoms with Gasteiger partial charge in [-0.2, -0.15) is 0 Å². The molecule has 0 fully saturated rings. The van der Waals surface area contributed by atoms with E-state index in [-0.39, 0.29) is 28.8 Å². The minimum Gasteiger partial charge on any atom is -0.506 e. The average molecular weight is 294 g/mol. The number of aromatic hydroxyl groups is 1. The lowest BCUT2D eigenvalue weighted by Gasteiger charge is -2.21. The maximum absolute atomic E-state index is 12.1. The molecule has 0 aliphatic rings. The summed E-state index contributed by atoms with van der Waals surface area (Å²) in [7, 11) is 0. The second-order valence-electron chi connectivity index (χ2n) is 4.95. The summed E-state index contributed by atoms with van der Waals surface area (Å²) < 4.78 is 0. The Morgan fingerprint density at radius 2 is 1.81 bits per heavy atom. The molecule has 0 radical (unpaired) electrons. The molecular weight excluding hydrogens is 276 g/mol. The number of anilines is 1. The Morgan fingerprint density at radius 1 is 1.19 bits per heavy atom. The van der Waals surface area contributed by atoms with E-state index in [0.717, 1.165) is 6.07 Å². The number of amides is 2. The van der Waals surface area contributed by atoms with Crippen molar-refractivity contribution in [2.75, 3.05) is 5.32 Å². The van der Waals surface area contributed by atoms with Gasteiger partial charge in [-0.1, -0.05) is 13.8 Å². The summed E-state index contributed by atoms with van der Waals surface area (Å²) in [6, 6.07) is 2.78. The van der Waals surface area contributed by atoms with Gasteiger partial charge in [0, 0.05) is 6.92 Å². The molecule has 7 nitrogen and oxygen atoms in total. The van der Waals surface area contributed by atoms with E-state index < -0.39 is 17.9 Å². The monoisotopic (exact) mass is 294 g/mol. The molecule has 0 heterocycles. The summed E-state index contributed by atoms with van der Waals surface area (Å²) >= 11 is 0. The van der Waals surface area contributed by atoms with E-state index >= 15 is 0 Å². The fraction of sp³-hybridized carbons (Fsp3) is 0.357. The van der Waals surface area contributed by atoms with Crippen LogP contribution in [-0.2, 0) is 9.59 Å². The zero-order valence-electron chi connectivity index (χ0n) is 12.0. The van der Waals surface area contributed by atoms with E-state index in [0.29, 0.717) is 0 Å². The number of hydrogen-bond donors (Lipinski definition) is 4. The van der Waals surface area contributed by atoms with Crippen molar-refractivity contribution in [3.8, 4) is 5.75 Å². The highest BCUT2D eigenvalue weighted by Gasteiger charge is 2.24. The Bertz CT molecular complexity index is 568. The van der Waals surface area contributed by atoms with Crippen molar-refractivity contribution in [1.82, 2.24) is 5.32 Å². The topological polar surface area (TPSA) is 116 Å². The van der Waals surface area contributed by atoms with Crippen LogP contribution in [0.1, 0.15) is 31.1 Å².